The second-order valence-electron chi connectivity index (χ2n) is 8.96. The minimum atomic E-state index is -0.0804. The van der Waals surface area contributed by atoms with Crippen LogP contribution in [0.1, 0.15) is 64.8 Å². The van der Waals surface area contributed by atoms with Gasteiger partial charge in [-0.1, -0.05) is 73.3 Å². The van der Waals surface area contributed by atoms with Crippen LogP contribution in [0.2, 0.25) is 5.02 Å². The zero-order chi connectivity index (χ0) is 23.5. The fraction of sp³-hybridized carbons (Fsp3) is 0.286. The Balaban J connectivity index is 1.50. The normalized spacial score (nSPS) is 16.3. The van der Waals surface area contributed by atoms with E-state index in [2.05, 4.69) is 5.32 Å². The van der Waals surface area contributed by atoms with Crippen molar-refractivity contribution in [1.29, 1.82) is 0 Å². The highest BCUT2D eigenvalue weighted by Crippen LogP contribution is 2.42. The molecule has 5 rings (SSSR count). The maximum Gasteiger partial charge on any atom is 0.259 e. The lowest BCUT2D eigenvalue weighted by Gasteiger charge is -2.24. The van der Waals surface area contributed by atoms with Crippen LogP contribution in [0.25, 0.3) is 0 Å². The summed E-state index contributed by atoms with van der Waals surface area (Å²) in [6.45, 7) is 0.370. The van der Waals surface area contributed by atoms with E-state index in [0.717, 1.165) is 46.7 Å². The van der Waals surface area contributed by atoms with Gasteiger partial charge in [-0.25, -0.2) is 0 Å². The fourth-order valence-electron chi connectivity index (χ4n) is 4.73. The molecule has 2 aliphatic rings. The van der Waals surface area contributed by atoms with Crippen LogP contribution in [0.5, 0.6) is 0 Å². The second kappa shape index (κ2) is 10.2. The molecule has 3 aromatic carbocycles. The van der Waals surface area contributed by atoms with Gasteiger partial charge in [-0.15, -0.1) is 0 Å². The van der Waals surface area contributed by atoms with Crippen molar-refractivity contribution in [2.24, 2.45) is 0 Å². The zero-order valence-corrected chi connectivity index (χ0v) is 20.5. The lowest BCUT2D eigenvalue weighted by Crippen LogP contribution is -2.35. The number of nitrogens with zero attached hydrogens (tertiary/aromatic N) is 1. The van der Waals surface area contributed by atoms with Crippen molar-refractivity contribution in [3.05, 3.63) is 88.4 Å². The number of carbonyl (C=O) groups excluding carboxylic acids is 2. The first kappa shape index (κ1) is 23.0. The van der Waals surface area contributed by atoms with Crippen molar-refractivity contribution in [3.8, 4) is 0 Å². The molecule has 0 atom stereocenters. The third-order valence-corrected chi connectivity index (χ3v) is 7.89. The number of amides is 2. The summed E-state index contributed by atoms with van der Waals surface area (Å²) >= 11 is 7.79. The lowest BCUT2D eigenvalue weighted by atomic mass is 10.1. The van der Waals surface area contributed by atoms with Crippen molar-refractivity contribution < 1.29 is 9.59 Å². The van der Waals surface area contributed by atoms with Gasteiger partial charge in [0.2, 0.25) is 0 Å². The Bertz CT molecular complexity index is 1220. The molecule has 1 aliphatic carbocycles. The first-order valence-electron chi connectivity index (χ1n) is 11.9. The van der Waals surface area contributed by atoms with Crippen molar-refractivity contribution in [1.82, 2.24) is 5.32 Å². The molecule has 1 aliphatic heterocycles. The maximum atomic E-state index is 13.7. The SMILES string of the molecule is O=C(NC1CCCCCC1)c1ccc2c(c1)N(Cc1cccc(Cl)c1)C(=O)c1ccccc1S2. The topological polar surface area (TPSA) is 49.4 Å². The molecule has 34 heavy (non-hydrogen) atoms. The van der Waals surface area contributed by atoms with E-state index in [1.165, 1.54) is 12.8 Å². The molecule has 0 bridgehead atoms. The zero-order valence-electron chi connectivity index (χ0n) is 18.9. The highest BCUT2D eigenvalue weighted by molar-refractivity contribution is 7.99. The maximum absolute atomic E-state index is 13.7. The minimum Gasteiger partial charge on any atom is -0.349 e. The number of anilines is 1. The van der Waals surface area contributed by atoms with Crippen LogP contribution in [0.4, 0.5) is 5.69 Å². The summed E-state index contributed by atoms with van der Waals surface area (Å²) < 4.78 is 0. The van der Waals surface area contributed by atoms with Crippen molar-refractivity contribution in [3.63, 3.8) is 0 Å². The Labute approximate surface area is 209 Å². The highest BCUT2D eigenvalue weighted by Gasteiger charge is 2.28. The summed E-state index contributed by atoms with van der Waals surface area (Å²) in [6.07, 6.45) is 6.85. The van der Waals surface area contributed by atoms with Gasteiger partial charge in [-0.3, -0.25) is 9.59 Å². The van der Waals surface area contributed by atoms with Gasteiger partial charge >= 0.3 is 0 Å². The quantitative estimate of drug-likeness (QED) is 0.396. The van der Waals surface area contributed by atoms with Gasteiger partial charge in [-0.05, 0) is 60.9 Å². The van der Waals surface area contributed by atoms with E-state index < -0.39 is 0 Å². The van der Waals surface area contributed by atoms with Crippen LogP contribution in [-0.2, 0) is 6.54 Å². The predicted molar refractivity (Wildman–Crippen MR) is 138 cm³/mol. The molecule has 2 amide bonds. The minimum absolute atomic E-state index is 0.0726. The smallest absolute Gasteiger partial charge is 0.259 e. The van der Waals surface area contributed by atoms with Crippen molar-refractivity contribution in [2.75, 3.05) is 4.90 Å². The number of hydrogen-bond acceptors (Lipinski definition) is 3. The Hall–Kier alpha value is -2.76. The van der Waals surface area contributed by atoms with E-state index in [0.29, 0.717) is 22.7 Å². The predicted octanol–water partition coefficient (Wildman–Crippen LogP) is 7.10. The largest absolute Gasteiger partial charge is 0.349 e. The second-order valence-corrected chi connectivity index (χ2v) is 10.5. The van der Waals surface area contributed by atoms with E-state index in [9.17, 15) is 9.59 Å². The summed E-state index contributed by atoms with van der Waals surface area (Å²) in [5.74, 6) is -0.153. The number of rotatable bonds is 4. The third-order valence-electron chi connectivity index (χ3n) is 6.51. The summed E-state index contributed by atoms with van der Waals surface area (Å²) in [5.41, 5.74) is 2.93. The summed E-state index contributed by atoms with van der Waals surface area (Å²) in [7, 11) is 0. The number of fused-ring (bicyclic) bond motifs is 2. The van der Waals surface area contributed by atoms with Gasteiger partial charge in [0.05, 0.1) is 17.8 Å². The molecule has 0 spiro atoms. The molecule has 0 radical (unpaired) electrons. The molecule has 1 N–H and O–H groups in total. The van der Waals surface area contributed by atoms with E-state index in [1.54, 1.807) is 16.7 Å². The molecule has 1 heterocycles. The highest BCUT2D eigenvalue weighted by atomic mass is 35.5. The van der Waals surface area contributed by atoms with Crippen molar-refractivity contribution in [2.45, 2.75) is 60.9 Å². The Kier molecular flexibility index (Phi) is 6.93. The van der Waals surface area contributed by atoms with Crippen LogP contribution < -0.4 is 10.2 Å². The van der Waals surface area contributed by atoms with Crippen LogP contribution in [0.3, 0.4) is 0 Å². The average Bonchev–Trinajstić information content (AvgIpc) is 3.16. The Morgan fingerprint density at radius 1 is 0.941 bits per heavy atom. The Morgan fingerprint density at radius 2 is 1.74 bits per heavy atom. The Morgan fingerprint density at radius 3 is 2.53 bits per heavy atom. The summed E-state index contributed by atoms with van der Waals surface area (Å²) in [4.78, 5) is 30.5. The number of carbonyl (C=O) groups is 2. The first-order chi connectivity index (χ1) is 16.6. The molecular weight excluding hydrogens is 464 g/mol. The number of halogens is 1. The van der Waals surface area contributed by atoms with Crippen LogP contribution >= 0.6 is 23.4 Å². The fourth-order valence-corrected chi connectivity index (χ4v) is 6.00. The monoisotopic (exact) mass is 490 g/mol. The molecular formula is C28H27ClN2O2S. The number of hydrogen-bond donors (Lipinski definition) is 1. The van der Waals surface area contributed by atoms with Crippen LogP contribution in [-0.4, -0.2) is 17.9 Å². The van der Waals surface area contributed by atoms with Gasteiger partial charge in [0.25, 0.3) is 11.8 Å². The molecule has 6 heteroatoms. The molecule has 1 fully saturated rings. The van der Waals surface area contributed by atoms with Gasteiger partial charge in [0.1, 0.15) is 0 Å². The van der Waals surface area contributed by atoms with Gasteiger partial charge < -0.3 is 10.2 Å². The van der Waals surface area contributed by atoms with Gasteiger partial charge in [-0.2, -0.15) is 0 Å². The molecule has 1 saturated carbocycles. The summed E-state index contributed by atoms with van der Waals surface area (Å²) in [6, 6.07) is 21.1. The van der Waals surface area contributed by atoms with E-state index in [-0.39, 0.29) is 17.9 Å². The molecule has 174 valence electrons. The summed E-state index contributed by atoms with van der Waals surface area (Å²) in [5, 5.41) is 3.86. The number of benzene rings is 3. The van der Waals surface area contributed by atoms with Gasteiger partial charge in [0, 0.05) is 26.4 Å². The van der Waals surface area contributed by atoms with Gasteiger partial charge in [0.15, 0.2) is 0 Å². The average molecular weight is 491 g/mol. The number of nitrogens with one attached hydrogen (secondary N) is 1. The standard InChI is InChI=1S/C28H27ClN2O2S/c29-21-9-7-8-19(16-21)18-31-24-17-20(27(32)30-22-10-3-1-2-4-11-22)14-15-26(24)34-25-13-6-5-12-23(25)28(31)33/h5-9,12-17,22H,1-4,10-11,18H2,(H,30,32). The third kappa shape index (κ3) is 5.01. The van der Waals surface area contributed by atoms with E-state index in [1.807, 2.05) is 66.7 Å². The molecule has 0 unspecified atom stereocenters. The molecule has 4 nitrogen and oxygen atoms in total. The molecule has 0 aromatic heterocycles. The lowest BCUT2D eigenvalue weighted by molar-refractivity contribution is 0.0931. The molecule has 0 saturated heterocycles. The van der Waals surface area contributed by atoms with Crippen LogP contribution in [0.15, 0.2) is 76.5 Å². The van der Waals surface area contributed by atoms with E-state index >= 15 is 0 Å². The van der Waals surface area contributed by atoms with E-state index in [4.69, 9.17) is 11.6 Å². The first-order valence-corrected chi connectivity index (χ1v) is 13.1. The van der Waals surface area contributed by atoms with Crippen LogP contribution in [0, 0.1) is 0 Å². The molecule has 3 aromatic rings. The van der Waals surface area contributed by atoms with Crippen molar-refractivity contribution >= 4 is 40.9 Å².